The molecule has 0 aromatic rings. The Labute approximate surface area is 111 Å². The molecule has 2 N–H and O–H groups in total. The lowest BCUT2D eigenvalue weighted by Crippen LogP contribution is -2.48. The minimum absolute atomic E-state index is 0.168. The van der Waals surface area contributed by atoms with Crippen molar-refractivity contribution >= 4 is 5.91 Å². The fourth-order valence-corrected chi connectivity index (χ4v) is 2.85. The van der Waals surface area contributed by atoms with Crippen LogP contribution in [0.25, 0.3) is 0 Å². The average molecular weight is 255 g/mol. The fourth-order valence-electron chi connectivity index (χ4n) is 2.85. The van der Waals surface area contributed by atoms with E-state index < -0.39 is 0 Å². The molecule has 18 heavy (non-hydrogen) atoms. The van der Waals surface area contributed by atoms with Crippen molar-refractivity contribution in [2.75, 3.05) is 27.7 Å². The molecule has 1 fully saturated rings. The van der Waals surface area contributed by atoms with Crippen molar-refractivity contribution in [3.63, 3.8) is 0 Å². The van der Waals surface area contributed by atoms with Crippen LogP contribution in [0.2, 0.25) is 0 Å². The molecule has 3 atom stereocenters. The maximum absolute atomic E-state index is 11.8. The molecule has 1 rings (SSSR count). The maximum Gasteiger partial charge on any atom is 0.223 e. The summed E-state index contributed by atoms with van der Waals surface area (Å²) in [7, 11) is 5.74. The van der Waals surface area contributed by atoms with Crippen LogP contribution < -0.4 is 5.73 Å². The molecule has 3 unspecified atom stereocenters. The summed E-state index contributed by atoms with van der Waals surface area (Å²) in [6.07, 6.45) is 5.66. The van der Waals surface area contributed by atoms with Crippen LogP contribution in [0.1, 0.15) is 39.0 Å². The van der Waals surface area contributed by atoms with Gasteiger partial charge in [-0.15, -0.1) is 0 Å². The topological polar surface area (TPSA) is 49.6 Å². The molecule has 0 radical (unpaired) electrons. The molecule has 0 saturated heterocycles. The zero-order valence-corrected chi connectivity index (χ0v) is 12.4. The molecule has 4 heteroatoms. The molecule has 0 spiro atoms. The van der Waals surface area contributed by atoms with E-state index in [2.05, 4.69) is 18.9 Å². The van der Waals surface area contributed by atoms with Gasteiger partial charge in [0.05, 0.1) is 0 Å². The predicted octanol–water partition coefficient (Wildman–Crippen LogP) is 1.30. The minimum atomic E-state index is 0.168. The zero-order chi connectivity index (χ0) is 13.7. The Morgan fingerprint density at radius 1 is 1.33 bits per heavy atom. The van der Waals surface area contributed by atoms with Gasteiger partial charge < -0.3 is 10.6 Å². The normalized spacial score (nSPS) is 26.1. The summed E-state index contributed by atoms with van der Waals surface area (Å²) in [6.45, 7) is 2.88. The number of nitrogens with two attached hydrogens (primary N) is 1. The summed E-state index contributed by atoms with van der Waals surface area (Å²) in [4.78, 5) is 15.8. The third-order valence-corrected chi connectivity index (χ3v) is 4.24. The van der Waals surface area contributed by atoms with E-state index in [1.807, 2.05) is 0 Å². The van der Waals surface area contributed by atoms with Gasteiger partial charge in [0.1, 0.15) is 0 Å². The SMILES string of the molecule is CC1CCCC(N(C)C(CN)CC(=O)N(C)C)C1. The molecule has 4 nitrogen and oxygen atoms in total. The van der Waals surface area contributed by atoms with Crippen molar-refractivity contribution in [1.29, 1.82) is 0 Å². The van der Waals surface area contributed by atoms with Gasteiger partial charge in [-0.05, 0) is 25.8 Å². The smallest absolute Gasteiger partial charge is 0.223 e. The molecule has 1 amide bonds. The first kappa shape index (κ1) is 15.4. The monoisotopic (exact) mass is 255 g/mol. The summed E-state index contributed by atoms with van der Waals surface area (Å²) in [5.41, 5.74) is 5.85. The van der Waals surface area contributed by atoms with Gasteiger partial charge in [-0.2, -0.15) is 0 Å². The van der Waals surface area contributed by atoms with Crippen molar-refractivity contribution in [3.8, 4) is 0 Å². The molecule has 0 aliphatic heterocycles. The van der Waals surface area contributed by atoms with Gasteiger partial charge >= 0.3 is 0 Å². The average Bonchev–Trinajstić information content (AvgIpc) is 2.34. The summed E-state index contributed by atoms with van der Waals surface area (Å²) < 4.78 is 0. The lowest BCUT2D eigenvalue weighted by atomic mass is 9.85. The zero-order valence-electron chi connectivity index (χ0n) is 12.4. The molecule has 0 bridgehead atoms. The Hall–Kier alpha value is -0.610. The summed E-state index contributed by atoms with van der Waals surface area (Å²) >= 11 is 0. The van der Waals surface area contributed by atoms with Crippen LogP contribution in [0.15, 0.2) is 0 Å². The van der Waals surface area contributed by atoms with Gasteiger partial charge in [0.15, 0.2) is 0 Å². The minimum Gasteiger partial charge on any atom is -0.349 e. The molecule has 0 aromatic carbocycles. The Balaban J connectivity index is 2.55. The van der Waals surface area contributed by atoms with Crippen molar-refractivity contribution in [2.45, 2.75) is 51.1 Å². The number of likely N-dealkylation sites (N-methyl/N-ethyl adjacent to an activating group) is 1. The Bertz CT molecular complexity index is 268. The van der Waals surface area contributed by atoms with Crippen molar-refractivity contribution in [3.05, 3.63) is 0 Å². The van der Waals surface area contributed by atoms with E-state index in [1.54, 1.807) is 19.0 Å². The lowest BCUT2D eigenvalue weighted by molar-refractivity contribution is -0.130. The number of hydrogen-bond donors (Lipinski definition) is 1. The molecular formula is C14H29N3O. The van der Waals surface area contributed by atoms with E-state index in [1.165, 1.54) is 25.7 Å². The number of carbonyl (C=O) groups is 1. The second kappa shape index (κ2) is 7.10. The third kappa shape index (κ3) is 4.25. The molecule has 1 aliphatic carbocycles. The first-order valence-electron chi connectivity index (χ1n) is 7.07. The highest BCUT2D eigenvalue weighted by atomic mass is 16.2. The van der Waals surface area contributed by atoms with Gasteiger partial charge in [-0.3, -0.25) is 9.69 Å². The second-order valence-electron chi connectivity index (χ2n) is 5.97. The largest absolute Gasteiger partial charge is 0.349 e. The Morgan fingerprint density at radius 3 is 2.50 bits per heavy atom. The van der Waals surface area contributed by atoms with Gasteiger partial charge in [0.2, 0.25) is 5.91 Å². The van der Waals surface area contributed by atoms with E-state index in [0.29, 0.717) is 19.0 Å². The van der Waals surface area contributed by atoms with E-state index in [9.17, 15) is 4.79 Å². The second-order valence-corrected chi connectivity index (χ2v) is 5.97. The Morgan fingerprint density at radius 2 is 2.00 bits per heavy atom. The van der Waals surface area contributed by atoms with Crippen LogP contribution in [0.4, 0.5) is 0 Å². The van der Waals surface area contributed by atoms with Crippen LogP contribution >= 0.6 is 0 Å². The standard InChI is InChI=1S/C14H29N3O/c1-11-6-5-7-12(8-11)17(4)13(10-15)9-14(18)16(2)3/h11-13H,5-10,15H2,1-4H3. The molecule has 106 valence electrons. The van der Waals surface area contributed by atoms with Crippen molar-refractivity contribution in [1.82, 2.24) is 9.80 Å². The number of rotatable bonds is 5. The molecule has 1 saturated carbocycles. The molecule has 0 aromatic heterocycles. The van der Waals surface area contributed by atoms with Crippen molar-refractivity contribution in [2.24, 2.45) is 11.7 Å². The summed E-state index contributed by atoms with van der Waals surface area (Å²) in [5, 5.41) is 0. The predicted molar refractivity (Wildman–Crippen MR) is 75.3 cm³/mol. The quantitative estimate of drug-likeness (QED) is 0.805. The van der Waals surface area contributed by atoms with E-state index in [4.69, 9.17) is 5.73 Å². The van der Waals surface area contributed by atoms with Crippen LogP contribution in [0.5, 0.6) is 0 Å². The number of carbonyl (C=O) groups excluding carboxylic acids is 1. The number of hydrogen-bond acceptors (Lipinski definition) is 3. The fraction of sp³-hybridized carbons (Fsp3) is 0.929. The maximum atomic E-state index is 11.8. The Kier molecular flexibility index (Phi) is 6.09. The highest BCUT2D eigenvalue weighted by molar-refractivity contribution is 5.76. The first-order chi connectivity index (χ1) is 8.45. The molecular weight excluding hydrogens is 226 g/mol. The lowest BCUT2D eigenvalue weighted by Gasteiger charge is -2.38. The van der Waals surface area contributed by atoms with Gasteiger partial charge in [0.25, 0.3) is 0 Å². The van der Waals surface area contributed by atoms with E-state index in [-0.39, 0.29) is 11.9 Å². The first-order valence-corrected chi connectivity index (χ1v) is 7.07. The van der Waals surface area contributed by atoms with Gasteiger partial charge in [0, 0.05) is 39.1 Å². The van der Waals surface area contributed by atoms with Crippen LogP contribution in [-0.4, -0.2) is 55.5 Å². The summed E-state index contributed by atoms with van der Waals surface area (Å²) in [6, 6.07) is 0.771. The number of nitrogens with zero attached hydrogens (tertiary/aromatic N) is 2. The van der Waals surface area contributed by atoms with Gasteiger partial charge in [-0.1, -0.05) is 19.8 Å². The van der Waals surface area contributed by atoms with E-state index >= 15 is 0 Å². The van der Waals surface area contributed by atoms with Crippen molar-refractivity contribution < 1.29 is 4.79 Å². The number of amides is 1. The van der Waals surface area contributed by atoms with Crippen LogP contribution in [0.3, 0.4) is 0 Å². The van der Waals surface area contributed by atoms with Crippen LogP contribution in [0, 0.1) is 5.92 Å². The highest BCUT2D eigenvalue weighted by Gasteiger charge is 2.27. The molecule has 1 aliphatic rings. The highest BCUT2D eigenvalue weighted by Crippen LogP contribution is 2.28. The van der Waals surface area contributed by atoms with Crippen LogP contribution in [-0.2, 0) is 4.79 Å². The summed E-state index contributed by atoms with van der Waals surface area (Å²) in [5.74, 6) is 0.968. The molecule has 0 heterocycles. The third-order valence-electron chi connectivity index (χ3n) is 4.24. The van der Waals surface area contributed by atoms with E-state index in [0.717, 1.165) is 5.92 Å². The van der Waals surface area contributed by atoms with Gasteiger partial charge in [-0.25, -0.2) is 0 Å².